The van der Waals surface area contributed by atoms with E-state index in [9.17, 15) is 4.79 Å². The molecule has 4 nitrogen and oxygen atoms in total. The topological polar surface area (TPSA) is 41.6 Å². The van der Waals surface area contributed by atoms with Crippen molar-refractivity contribution >= 4 is 5.91 Å². The van der Waals surface area contributed by atoms with Crippen LogP contribution >= 0.6 is 0 Å². The highest BCUT2D eigenvalue weighted by Gasteiger charge is 2.30. The minimum atomic E-state index is 0.186. The highest BCUT2D eigenvalue weighted by molar-refractivity contribution is 5.76. The smallest absolute Gasteiger partial charge is 0.225 e. The van der Waals surface area contributed by atoms with E-state index in [-0.39, 0.29) is 6.10 Å². The van der Waals surface area contributed by atoms with Crippen LogP contribution in [0.3, 0.4) is 0 Å². The number of nitrogens with one attached hydrogen (secondary N) is 1. The molecule has 3 fully saturated rings. The molecular formula is C16H28N2O2. The first-order chi connectivity index (χ1) is 9.83. The maximum Gasteiger partial charge on any atom is 0.225 e. The number of likely N-dealkylation sites (tertiary alicyclic amines) is 1. The fourth-order valence-corrected chi connectivity index (χ4v) is 3.96. The Hall–Kier alpha value is -0.610. The van der Waals surface area contributed by atoms with Crippen molar-refractivity contribution in [3.8, 4) is 0 Å². The molecule has 0 aromatic carbocycles. The number of rotatable bonds is 3. The molecule has 0 aliphatic carbocycles. The van der Waals surface area contributed by atoms with Gasteiger partial charge in [-0.15, -0.1) is 0 Å². The van der Waals surface area contributed by atoms with Gasteiger partial charge in [-0.25, -0.2) is 0 Å². The molecule has 2 atom stereocenters. The highest BCUT2D eigenvalue weighted by atomic mass is 16.5. The predicted octanol–water partition coefficient (Wildman–Crippen LogP) is 1.94. The first-order valence-electron chi connectivity index (χ1n) is 8.45. The van der Waals surface area contributed by atoms with Gasteiger partial charge in [0.05, 0.1) is 12.5 Å². The van der Waals surface area contributed by atoms with Gasteiger partial charge in [-0.3, -0.25) is 4.79 Å². The molecule has 1 amide bonds. The van der Waals surface area contributed by atoms with Crippen molar-refractivity contribution in [3.05, 3.63) is 0 Å². The summed E-state index contributed by atoms with van der Waals surface area (Å²) in [6, 6.07) is 0.717. The van der Waals surface area contributed by atoms with Gasteiger partial charge in [0.1, 0.15) is 0 Å². The lowest BCUT2D eigenvalue weighted by molar-refractivity contribution is -0.136. The van der Waals surface area contributed by atoms with Crippen molar-refractivity contribution < 1.29 is 9.53 Å². The third-order valence-electron chi connectivity index (χ3n) is 5.24. The van der Waals surface area contributed by atoms with E-state index in [4.69, 9.17) is 4.74 Å². The summed E-state index contributed by atoms with van der Waals surface area (Å²) in [5, 5.41) is 3.61. The fourth-order valence-electron chi connectivity index (χ4n) is 3.96. The third-order valence-corrected chi connectivity index (χ3v) is 5.24. The Morgan fingerprint density at radius 1 is 1.10 bits per heavy atom. The summed E-state index contributed by atoms with van der Waals surface area (Å²) in [7, 11) is 0. The van der Waals surface area contributed by atoms with Crippen molar-refractivity contribution in [2.45, 2.75) is 63.5 Å². The molecule has 114 valence electrons. The van der Waals surface area contributed by atoms with E-state index < -0.39 is 0 Å². The van der Waals surface area contributed by atoms with Crippen molar-refractivity contribution in [3.63, 3.8) is 0 Å². The molecule has 0 bridgehead atoms. The number of hydrogen-bond donors (Lipinski definition) is 1. The Balaban J connectivity index is 1.41. The van der Waals surface area contributed by atoms with Crippen LogP contribution in [0.5, 0.6) is 0 Å². The van der Waals surface area contributed by atoms with E-state index in [2.05, 4.69) is 10.2 Å². The quantitative estimate of drug-likeness (QED) is 0.859. The zero-order chi connectivity index (χ0) is 13.8. The molecule has 2 unspecified atom stereocenters. The van der Waals surface area contributed by atoms with E-state index in [1.54, 1.807) is 0 Å². The van der Waals surface area contributed by atoms with Gasteiger partial charge in [0.15, 0.2) is 0 Å². The summed E-state index contributed by atoms with van der Waals surface area (Å²) in [4.78, 5) is 14.4. The lowest BCUT2D eigenvalue weighted by Gasteiger charge is -2.35. The molecule has 0 radical (unpaired) electrons. The van der Waals surface area contributed by atoms with E-state index in [0.29, 0.717) is 18.4 Å². The van der Waals surface area contributed by atoms with Crippen molar-refractivity contribution in [2.75, 3.05) is 26.2 Å². The van der Waals surface area contributed by atoms with Gasteiger partial charge in [-0.05, 0) is 57.4 Å². The average molecular weight is 280 g/mol. The number of hydrogen-bond acceptors (Lipinski definition) is 3. The number of carbonyl (C=O) groups excluding carboxylic acids is 1. The Labute approximate surface area is 122 Å². The lowest BCUT2D eigenvalue weighted by atomic mass is 9.88. The highest BCUT2D eigenvalue weighted by Crippen LogP contribution is 2.26. The standard InChI is InChI=1S/C16H28N2O2/c19-16(12-14-4-1-2-11-20-14)18-9-6-13(7-10-18)15-5-3-8-17-15/h13-15,17H,1-12H2. The number of amides is 1. The summed E-state index contributed by atoms with van der Waals surface area (Å²) < 4.78 is 5.68. The van der Waals surface area contributed by atoms with Gasteiger partial charge >= 0.3 is 0 Å². The predicted molar refractivity (Wildman–Crippen MR) is 78.5 cm³/mol. The molecule has 3 rings (SSSR count). The SMILES string of the molecule is O=C(CC1CCCCO1)N1CCC(C2CCCN2)CC1. The summed E-state index contributed by atoms with van der Waals surface area (Å²) >= 11 is 0. The van der Waals surface area contributed by atoms with Crippen LogP contribution in [0.1, 0.15) is 51.4 Å². The van der Waals surface area contributed by atoms with Crippen molar-refractivity contribution in [1.29, 1.82) is 0 Å². The normalized spacial score (nSPS) is 32.5. The summed E-state index contributed by atoms with van der Waals surface area (Å²) in [5.41, 5.74) is 0. The first-order valence-corrected chi connectivity index (χ1v) is 8.45. The molecule has 3 heterocycles. The average Bonchev–Trinajstić information content (AvgIpc) is 3.03. The molecule has 20 heavy (non-hydrogen) atoms. The Bertz CT molecular complexity index is 314. The number of nitrogens with zero attached hydrogens (tertiary/aromatic N) is 1. The lowest BCUT2D eigenvalue weighted by Crippen LogP contribution is -2.44. The van der Waals surface area contributed by atoms with Crippen LogP contribution in [-0.4, -0.2) is 49.2 Å². The number of carbonyl (C=O) groups is 1. The molecule has 3 aliphatic rings. The summed E-state index contributed by atoms with van der Waals surface area (Å²) in [6.45, 7) is 3.93. The fraction of sp³-hybridized carbons (Fsp3) is 0.938. The minimum Gasteiger partial charge on any atom is -0.378 e. The van der Waals surface area contributed by atoms with Crippen LogP contribution in [0.15, 0.2) is 0 Å². The van der Waals surface area contributed by atoms with Gasteiger partial charge in [-0.1, -0.05) is 0 Å². The Morgan fingerprint density at radius 2 is 1.95 bits per heavy atom. The second-order valence-corrected chi connectivity index (χ2v) is 6.61. The van der Waals surface area contributed by atoms with Crippen LogP contribution in [-0.2, 0) is 9.53 Å². The van der Waals surface area contributed by atoms with Gasteiger partial charge in [0, 0.05) is 25.7 Å². The van der Waals surface area contributed by atoms with Crippen LogP contribution < -0.4 is 5.32 Å². The molecule has 3 aliphatic heterocycles. The molecule has 0 saturated carbocycles. The molecule has 1 N–H and O–H groups in total. The second-order valence-electron chi connectivity index (χ2n) is 6.61. The maximum absolute atomic E-state index is 12.3. The van der Waals surface area contributed by atoms with Gasteiger partial charge in [0.25, 0.3) is 0 Å². The van der Waals surface area contributed by atoms with Crippen molar-refractivity contribution in [1.82, 2.24) is 10.2 Å². The van der Waals surface area contributed by atoms with E-state index in [1.807, 2.05) is 0 Å². The zero-order valence-electron chi connectivity index (χ0n) is 12.5. The van der Waals surface area contributed by atoms with Gasteiger partial charge in [-0.2, -0.15) is 0 Å². The summed E-state index contributed by atoms with van der Waals surface area (Å²) in [5.74, 6) is 1.10. The molecule has 0 spiro atoms. The van der Waals surface area contributed by atoms with E-state index >= 15 is 0 Å². The van der Waals surface area contributed by atoms with E-state index in [0.717, 1.165) is 38.5 Å². The third kappa shape index (κ3) is 3.53. The zero-order valence-corrected chi connectivity index (χ0v) is 12.5. The van der Waals surface area contributed by atoms with Crippen LogP contribution in [0.25, 0.3) is 0 Å². The van der Waals surface area contributed by atoms with Gasteiger partial charge < -0.3 is 15.0 Å². The Kier molecular flexibility index (Phi) is 4.94. The van der Waals surface area contributed by atoms with Crippen LogP contribution in [0, 0.1) is 5.92 Å². The second kappa shape index (κ2) is 6.90. The van der Waals surface area contributed by atoms with Crippen molar-refractivity contribution in [2.24, 2.45) is 5.92 Å². The largest absolute Gasteiger partial charge is 0.378 e. The molecule has 0 aromatic heterocycles. The van der Waals surface area contributed by atoms with E-state index in [1.165, 1.54) is 38.6 Å². The molecule has 3 saturated heterocycles. The molecule has 4 heteroatoms. The van der Waals surface area contributed by atoms with Crippen LogP contribution in [0.2, 0.25) is 0 Å². The minimum absolute atomic E-state index is 0.186. The summed E-state index contributed by atoms with van der Waals surface area (Å²) in [6.07, 6.45) is 9.23. The van der Waals surface area contributed by atoms with Gasteiger partial charge in [0.2, 0.25) is 5.91 Å². The molecule has 0 aromatic rings. The Morgan fingerprint density at radius 3 is 2.60 bits per heavy atom. The number of ether oxygens (including phenoxy) is 1. The molecular weight excluding hydrogens is 252 g/mol. The maximum atomic E-state index is 12.3. The first kappa shape index (κ1) is 14.3. The van der Waals surface area contributed by atoms with Crippen LogP contribution in [0.4, 0.5) is 0 Å². The number of piperidine rings is 1. The monoisotopic (exact) mass is 280 g/mol.